The lowest BCUT2D eigenvalue weighted by Gasteiger charge is -2.39. The SMILES string of the molecule is CN1CC(C(=O)N=S2(=O)CCC(O)CC2)C=C2c3cccc4[nH]cc(c34)CC21. The normalized spacial score (nSPS) is 32.6. The van der Waals surface area contributed by atoms with Crippen LogP contribution in [0.1, 0.15) is 24.0 Å². The maximum absolute atomic E-state index is 12.9. The minimum Gasteiger partial charge on any atom is -0.393 e. The summed E-state index contributed by atoms with van der Waals surface area (Å²) >= 11 is 0. The molecule has 1 aliphatic carbocycles. The van der Waals surface area contributed by atoms with Gasteiger partial charge in [-0.2, -0.15) is 4.36 Å². The Bertz CT molecular complexity index is 1100. The molecule has 2 atom stereocenters. The van der Waals surface area contributed by atoms with E-state index in [9.17, 15) is 14.1 Å². The first kappa shape index (κ1) is 18.1. The van der Waals surface area contributed by atoms with E-state index in [2.05, 4.69) is 38.7 Å². The molecule has 0 bridgehead atoms. The van der Waals surface area contributed by atoms with Crippen LogP contribution in [0.25, 0.3) is 16.5 Å². The minimum absolute atomic E-state index is 0.247. The monoisotopic (exact) mass is 399 g/mol. The van der Waals surface area contributed by atoms with Crippen molar-refractivity contribution in [2.24, 2.45) is 10.3 Å². The second kappa shape index (κ2) is 6.54. The van der Waals surface area contributed by atoms with Crippen molar-refractivity contribution in [2.75, 3.05) is 25.1 Å². The van der Waals surface area contributed by atoms with Gasteiger partial charge in [0.1, 0.15) is 0 Å². The number of likely N-dealkylation sites (N-methyl/N-ethyl adjacent to an activating group) is 1. The molecule has 1 saturated heterocycles. The van der Waals surface area contributed by atoms with Gasteiger partial charge in [-0.1, -0.05) is 18.2 Å². The molecule has 0 spiro atoms. The maximum Gasteiger partial charge on any atom is 0.262 e. The van der Waals surface area contributed by atoms with Crippen LogP contribution in [0, 0.1) is 5.92 Å². The fourth-order valence-corrected chi connectivity index (χ4v) is 6.95. The van der Waals surface area contributed by atoms with Gasteiger partial charge in [-0.25, -0.2) is 4.21 Å². The Morgan fingerprint density at radius 2 is 2.11 bits per heavy atom. The van der Waals surface area contributed by atoms with Crippen LogP contribution in [0.15, 0.2) is 34.8 Å². The zero-order valence-corrected chi connectivity index (χ0v) is 16.7. The lowest BCUT2D eigenvalue weighted by Crippen LogP contribution is -2.44. The van der Waals surface area contributed by atoms with E-state index in [1.54, 1.807) is 0 Å². The Balaban J connectivity index is 1.52. The molecule has 1 aromatic carbocycles. The average Bonchev–Trinajstić information content (AvgIpc) is 3.09. The van der Waals surface area contributed by atoms with Crippen LogP contribution >= 0.6 is 0 Å². The van der Waals surface area contributed by atoms with Crippen molar-refractivity contribution in [2.45, 2.75) is 31.4 Å². The van der Waals surface area contributed by atoms with Gasteiger partial charge in [-0.3, -0.25) is 9.69 Å². The van der Waals surface area contributed by atoms with Gasteiger partial charge in [0.05, 0.1) is 21.8 Å². The van der Waals surface area contributed by atoms with E-state index in [1.807, 2.05) is 13.1 Å². The molecule has 3 heterocycles. The fraction of sp³-hybridized carbons (Fsp3) is 0.476. The van der Waals surface area contributed by atoms with Crippen molar-refractivity contribution in [1.29, 1.82) is 0 Å². The maximum atomic E-state index is 12.9. The third-order valence-corrected chi connectivity index (χ3v) is 8.64. The van der Waals surface area contributed by atoms with Gasteiger partial charge in [0.15, 0.2) is 0 Å². The fourth-order valence-electron chi connectivity index (χ4n) is 4.82. The number of amides is 1. The molecule has 1 amide bonds. The predicted molar refractivity (Wildman–Crippen MR) is 110 cm³/mol. The summed E-state index contributed by atoms with van der Waals surface area (Å²) in [7, 11) is -0.488. The molecule has 28 heavy (non-hydrogen) atoms. The molecule has 6 nitrogen and oxygen atoms in total. The number of carbonyl (C=O) groups excluding carboxylic acids is 1. The topological polar surface area (TPSA) is 85.8 Å². The number of rotatable bonds is 1. The molecule has 2 aliphatic heterocycles. The van der Waals surface area contributed by atoms with Crippen LogP contribution in [-0.2, 0) is 20.9 Å². The Hall–Kier alpha value is -1.96. The smallest absolute Gasteiger partial charge is 0.262 e. The Morgan fingerprint density at radius 3 is 2.89 bits per heavy atom. The third-order valence-electron chi connectivity index (χ3n) is 6.38. The summed E-state index contributed by atoms with van der Waals surface area (Å²) in [6, 6.07) is 6.49. The molecule has 1 fully saturated rings. The van der Waals surface area contributed by atoms with Gasteiger partial charge in [-0.05, 0) is 49.1 Å². The summed E-state index contributed by atoms with van der Waals surface area (Å²) in [5, 5.41) is 10.9. The Kier molecular flexibility index (Phi) is 4.23. The molecule has 1 aromatic heterocycles. The molecule has 7 heteroatoms. The summed E-state index contributed by atoms with van der Waals surface area (Å²) < 4.78 is 17.1. The van der Waals surface area contributed by atoms with Crippen LogP contribution < -0.4 is 0 Å². The van der Waals surface area contributed by atoms with Crippen LogP contribution in [0.5, 0.6) is 0 Å². The van der Waals surface area contributed by atoms with Crippen molar-refractivity contribution in [1.82, 2.24) is 9.88 Å². The summed E-state index contributed by atoms with van der Waals surface area (Å²) in [6.45, 7) is 0.588. The number of aromatic nitrogens is 1. The number of nitrogens with zero attached hydrogens (tertiary/aromatic N) is 2. The molecular weight excluding hydrogens is 374 g/mol. The number of benzene rings is 1. The molecule has 3 aliphatic rings. The largest absolute Gasteiger partial charge is 0.393 e. The van der Waals surface area contributed by atoms with E-state index < -0.39 is 15.8 Å². The van der Waals surface area contributed by atoms with E-state index in [-0.39, 0.29) is 17.9 Å². The average molecular weight is 400 g/mol. The summed E-state index contributed by atoms with van der Waals surface area (Å²) in [4.78, 5) is 18.5. The third kappa shape index (κ3) is 2.93. The lowest BCUT2D eigenvalue weighted by molar-refractivity contribution is -0.120. The first-order valence-electron chi connectivity index (χ1n) is 9.89. The highest BCUT2D eigenvalue weighted by atomic mass is 32.2. The lowest BCUT2D eigenvalue weighted by atomic mass is 9.80. The minimum atomic E-state index is -2.54. The van der Waals surface area contributed by atoms with Gasteiger partial charge in [0.2, 0.25) is 0 Å². The quantitative estimate of drug-likeness (QED) is 0.770. The predicted octanol–water partition coefficient (Wildman–Crippen LogP) is 2.19. The van der Waals surface area contributed by atoms with Crippen LogP contribution in [0.3, 0.4) is 0 Å². The highest BCUT2D eigenvalue weighted by molar-refractivity contribution is 7.93. The van der Waals surface area contributed by atoms with Crippen molar-refractivity contribution in [3.63, 3.8) is 0 Å². The molecule has 5 rings (SSSR count). The summed E-state index contributed by atoms with van der Waals surface area (Å²) in [6.07, 6.45) is 5.58. The van der Waals surface area contributed by atoms with Crippen LogP contribution in [0.4, 0.5) is 0 Å². The van der Waals surface area contributed by atoms with Gasteiger partial charge in [0.25, 0.3) is 5.91 Å². The van der Waals surface area contributed by atoms with E-state index in [0.717, 1.165) is 11.9 Å². The molecular formula is C21H25N3O3S. The molecule has 2 aromatic rings. The van der Waals surface area contributed by atoms with E-state index in [4.69, 9.17) is 0 Å². The van der Waals surface area contributed by atoms with Crippen molar-refractivity contribution >= 4 is 32.1 Å². The number of hydrogen-bond acceptors (Lipinski definition) is 4. The van der Waals surface area contributed by atoms with E-state index in [1.165, 1.54) is 22.1 Å². The molecule has 148 valence electrons. The highest BCUT2D eigenvalue weighted by Gasteiger charge is 2.36. The molecule has 0 radical (unpaired) electrons. The van der Waals surface area contributed by atoms with Crippen molar-refractivity contribution in [3.05, 3.63) is 41.6 Å². The number of aliphatic hydroxyl groups is 1. The summed E-state index contributed by atoms with van der Waals surface area (Å²) in [5.74, 6) is -0.0372. The van der Waals surface area contributed by atoms with Crippen LogP contribution in [0.2, 0.25) is 0 Å². The molecule has 2 unspecified atom stereocenters. The van der Waals surface area contributed by atoms with Crippen LogP contribution in [-0.4, -0.2) is 62.4 Å². The number of nitrogens with one attached hydrogen (secondary N) is 1. The van der Waals surface area contributed by atoms with Gasteiger partial charge >= 0.3 is 0 Å². The number of fused-ring (bicyclic) bond motifs is 2. The zero-order chi connectivity index (χ0) is 19.5. The summed E-state index contributed by atoms with van der Waals surface area (Å²) in [5.41, 5.74) is 4.79. The van der Waals surface area contributed by atoms with Gasteiger partial charge in [-0.15, -0.1) is 0 Å². The number of aliphatic hydroxyl groups excluding tert-OH is 1. The van der Waals surface area contributed by atoms with Crippen molar-refractivity contribution < 1.29 is 14.1 Å². The molecule has 2 N–H and O–H groups in total. The van der Waals surface area contributed by atoms with Gasteiger partial charge < -0.3 is 10.1 Å². The molecule has 0 saturated carbocycles. The number of hydrogen-bond donors (Lipinski definition) is 2. The van der Waals surface area contributed by atoms with Gasteiger partial charge in [0, 0.05) is 41.2 Å². The standard InChI is InChI=1S/C21H25N3O3S/c1-24-12-14(21(26)23-28(27)7-5-15(25)6-8-28)9-17-16-3-2-4-18-20(16)13(11-22-18)10-19(17)24/h2-4,9,11,14-15,19,22,25H,5-8,10,12H2,1H3. The van der Waals surface area contributed by atoms with Crippen molar-refractivity contribution in [3.8, 4) is 0 Å². The number of aromatic amines is 1. The Morgan fingerprint density at radius 1 is 1.32 bits per heavy atom. The zero-order valence-electron chi connectivity index (χ0n) is 15.9. The van der Waals surface area contributed by atoms with E-state index in [0.29, 0.717) is 30.9 Å². The number of H-pyrrole nitrogens is 1. The second-order valence-corrected chi connectivity index (χ2v) is 10.8. The Labute approximate surface area is 164 Å². The highest BCUT2D eigenvalue weighted by Crippen LogP contribution is 2.40. The second-order valence-electron chi connectivity index (χ2n) is 8.27. The first-order valence-corrected chi connectivity index (χ1v) is 11.7. The van der Waals surface area contributed by atoms with E-state index >= 15 is 0 Å². The first-order chi connectivity index (χ1) is 13.4. The number of carbonyl (C=O) groups is 1.